The standard InChI is InChI=1S/C9H18N2O/c1-3-11(7-4-8-12)9(2)5-6-10/h9,12H,3-5,7-8H2,1-2H3. The van der Waals surface area contributed by atoms with E-state index in [-0.39, 0.29) is 6.61 Å². The lowest BCUT2D eigenvalue weighted by Crippen LogP contribution is -2.33. The summed E-state index contributed by atoms with van der Waals surface area (Å²) in [6, 6.07) is 2.47. The number of rotatable bonds is 6. The molecule has 0 radical (unpaired) electrons. The second-order valence-corrected chi connectivity index (χ2v) is 2.92. The molecule has 0 aliphatic heterocycles. The molecule has 70 valence electrons. The van der Waals surface area contributed by atoms with Gasteiger partial charge in [0.2, 0.25) is 0 Å². The van der Waals surface area contributed by atoms with E-state index in [0.717, 1.165) is 19.5 Å². The third kappa shape index (κ3) is 4.32. The molecule has 0 aliphatic carbocycles. The van der Waals surface area contributed by atoms with Crippen molar-refractivity contribution in [1.29, 1.82) is 5.26 Å². The Bertz CT molecular complexity index is 142. The van der Waals surface area contributed by atoms with E-state index in [0.29, 0.717) is 12.5 Å². The number of aliphatic hydroxyl groups is 1. The van der Waals surface area contributed by atoms with Gasteiger partial charge in [-0.2, -0.15) is 5.26 Å². The van der Waals surface area contributed by atoms with Crippen molar-refractivity contribution in [3.05, 3.63) is 0 Å². The summed E-state index contributed by atoms with van der Waals surface area (Å²) in [6.07, 6.45) is 1.36. The van der Waals surface area contributed by atoms with E-state index in [4.69, 9.17) is 10.4 Å². The second-order valence-electron chi connectivity index (χ2n) is 2.92. The summed E-state index contributed by atoms with van der Waals surface area (Å²) in [7, 11) is 0. The average Bonchev–Trinajstić information content (AvgIpc) is 2.06. The maximum atomic E-state index is 8.63. The van der Waals surface area contributed by atoms with E-state index in [1.54, 1.807) is 0 Å². The molecule has 1 atom stereocenters. The van der Waals surface area contributed by atoms with E-state index in [9.17, 15) is 0 Å². The van der Waals surface area contributed by atoms with Crippen molar-refractivity contribution in [2.24, 2.45) is 0 Å². The Morgan fingerprint density at radius 2 is 2.25 bits per heavy atom. The fraction of sp³-hybridized carbons (Fsp3) is 0.889. The molecule has 0 rings (SSSR count). The normalized spacial score (nSPS) is 12.9. The lowest BCUT2D eigenvalue weighted by molar-refractivity contribution is 0.192. The van der Waals surface area contributed by atoms with Gasteiger partial charge in [0.25, 0.3) is 0 Å². The summed E-state index contributed by atoms with van der Waals surface area (Å²) < 4.78 is 0. The van der Waals surface area contributed by atoms with Crippen LogP contribution in [0.15, 0.2) is 0 Å². The Labute approximate surface area is 74.6 Å². The maximum absolute atomic E-state index is 8.63. The maximum Gasteiger partial charge on any atom is 0.0638 e. The minimum atomic E-state index is 0.232. The van der Waals surface area contributed by atoms with Crippen molar-refractivity contribution in [2.45, 2.75) is 32.7 Å². The zero-order valence-electron chi connectivity index (χ0n) is 7.95. The van der Waals surface area contributed by atoms with Gasteiger partial charge in [0.1, 0.15) is 0 Å². The van der Waals surface area contributed by atoms with Crippen molar-refractivity contribution in [2.75, 3.05) is 19.7 Å². The number of nitrogens with zero attached hydrogens (tertiary/aromatic N) is 2. The summed E-state index contributed by atoms with van der Waals surface area (Å²) in [6.45, 7) is 6.18. The van der Waals surface area contributed by atoms with Crippen LogP contribution in [0.4, 0.5) is 0 Å². The highest BCUT2D eigenvalue weighted by Gasteiger charge is 2.09. The Morgan fingerprint density at radius 3 is 2.67 bits per heavy atom. The summed E-state index contributed by atoms with van der Waals surface area (Å²) in [5.41, 5.74) is 0. The van der Waals surface area contributed by atoms with Crippen LogP contribution in [0.3, 0.4) is 0 Å². The van der Waals surface area contributed by atoms with Gasteiger partial charge in [-0.15, -0.1) is 0 Å². The van der Waals surface area contributed by atoms with Gasteiger partial charge < -0.3 is 5.11 Å². The van der Waals surface area contributed by atoms with E-state index in [2.05, 4.69) is 17.9 Å². The van der Waals surface area contributed by atoms with Gasteiger partial charge in [0.05, 0.1) is 12.5 Å². The highest BCUT2D eigenvalue weighted by molar-refractivity contribution is 4.79. The third-order valence-corrected chi connectivity index (χ3v) is 2.02. The molecule has 0 aromatic rings. The molecule has 3 nitrogen and oxygen atoms in total. The summed E-state index contributed by atoms with van der Waals surface area (Å²) in [5, 5.41) is 17.1. The van der Waals surface area contributed by atoms with Gasteiger partial charge in [-0.1, -0.05) is 6.92 Å². The first-order chi connectivity index (χ1) is 5.76. The summed E-state index contributed by atoms with van der Waals surface area (Å²) in [5.74, 6) is 0. The molecule has 0 spiro atoms. The van der Waals surface area contributed by atoms with Gasteiger partial charge in [-0.05, 0) is 19.9 Å². The van der Waals surface area contributed by atoms with Gasteiger partial charge in [-0.3, -0.25) is 4.90 Å². The van der Waals surface area contributed by atoms with Crippen LogP contribution < -0.4 is 0 Å². The molecule has 0 aromatic carbocycles. The smallest absolute Gasteiger partial charge is 0.0638 e. The van der Waals surface area contributed by atoms with Gasteiger partial charge in [-0.25, -0.2) is 0 Å². The number of hydrogen-bond donors (Lipinski definition) is 1. The lowest BCUT2D eigenvalue weighted by Gasteiger charge is -2.25. The molecule has 0 aromatic heterocycles. The molecular formula is C9H18N2O. The highest BCUT2D eigenvalue weighted by atomic mass is 16.3. The molecule has 0 fully saturated rings. The van der Waals surface area contributed by atoms with Gasteiger partial charge in [0.15, 0.2) is 0 Å². The van der Waals surface area contributed by atoms with Crippen molar-refractivity contribution < 1.29 is 5.11 Å². The monoisotopic (exact) mass is 170 g/mol. The minimum Gasteiger partial charge on any atom is -0.396 e. The first-order valence-corrected chi connectivity index (χ1v) is 4.48. The fourth-order valence-corrected chi connectivity index (χ4v) is 1.23. The SMILES string of the molecule is CCN(CCCO)C(C)CC#N. The van der Waals surface area contributed by atoms with Crippen LogP contribution in [0, 0.1) is 11.3 Å². The van der Waals surface area contributed by atoms with Gasteiger partial charge >= 0.3 is 0 Å². The topological polar surface area (TPSA) is 47.3 Å². The zero-order chi connectivity index (χ0) is 9.40. The van der Waals surface area contributed by atoms with Crippen LogP contribution in [0.5, 0.6) is 0 Å². The van der Waals surface area contributed by atoms with E-state index in [1.165, 1.54) is 0 Å². The number of nitriles is 1. The van der Waals surface area contributed by atoms with Gasteiger partial charge in [0, 0.05) is 19.2 Å². The summed E-state index contributed by atoms with van der Waals surface area (Å²) >= 11 is 0. The molecule has 12 heavy (non-hydrogen) atoms. The first-order valence-electron chi connectivity index (χ1n) is 4.48. The second kappa shape index (κ2) is 7.08. The summed E-state index contributed by atoms with van der Waals surface area (Å²) in [4.78, 5) is 2.21. The van der Waals surface area contributed by atoms with Crippen molar-refractivity contribution in [1.82, 2.24) is 4.90 Å². The van der Waals surface area contributed by atoms with Crippen LogP contribution >= 0.6 is 0 Å². The van der Waals surface area contributed by atoms with Crippen LogP contribution in [-0.2, 0) is 0 Å². The minimum absolute atomic E-state index is 0.232. The molecule has 0 amide bonds. The Balaban J connectivity index is 3.72. The fourth-order valence-electron chi connectivity index (χ4n) is 1.23. The molecule has 0 saturated carbocycles. The van der Waals surface area contributed by atoms with Crippen molar-refractivity contribution in [3.63, 3.8) is 0 Å². The van der Waals surface area contributed by atoms with Crippen molar-refractivity contribution >= 4 is 0 Å². The molecule has 0 heterocycles. The van der Waals surface area contributed by atoms with Crippen LogP contribution in [0.1, 0.15) is 26.7 Å². The average molecular weight is 170 g/mol. The Hall–Kier alpha value is -0.590. The first kappa shape index (κ1) is 11.4. The van der Waals surface area contributed by atoms with Crippen LogP contribution in [-0.4, -0.2) is 35.7 Å². The molecule has 3 heteroatoms. The van der Waals surface area contributed by atoms with Crippen LogP contribution in [0.2, 0.25) is 0 Å². The number of aliphatic hydroxyl groups excluding tert-OH is 1. The lowest BCUT2D eigenvalue weighted by atomic mass is 10.2. The highest BCUT2D eigenvalue weighted by Crippen LogP contribution is 2.03. The van der Waals surface area contributed by atoms with E-state index < -0.39 is 0 Å². The zero-order valence-corrected chi connectivity index (χ0v) is 7.95. The van der Waals surface area contributed by atoms with Crippen molar-refractivity contribution in [3.8, 4) is 6.07 Å². The molecule has 0 bridgehead atoms. The van der Waals surface area contributed by atoms with E-state index >= 15 is 0 Å². The van der Waals surface area contributed by atoms with Crippen LogP contribution in [0.25, 0.3) is 0 Å². The Kier molecular flexibility index (Phi) is 6.73. The molecule has 0 saturated heterocycles. The molecule has 0 aliphatic rings. The molecular weight excluding hydrogens is 152 g/mol. The predicted molar refractivity (Wildman–Crippen MR) is 48.6 cm³/mol. The number of hydrogen-bond acceptors (Lipinski definition) is 3. The molecule has 1 unspecified atom stereocenters. The molecule has 1 N–H and O–H groups in total. The largest absolute Gasteiger partial charge is 0.396 e. The van der Waals surface area contributed by atoms with E-state index in [1.807, 2.05) is 6.92 Å². The third-order valence-electron chi connectivity index (χ3n) is 2.02. The predicted octanol–water partition coefficient (Wildman–Crippen LogP) is 0.993. The quantitative estimate of drug-likeness (QED) is 0.646. The Morgan fingerprint density at radius 1 is 1.58 bits per heavy atom.